The number of aliphatic hydroxyl groups excluding tert-OH is 1. The molecule has 2 aliphatic rings. The molecule has 0 saturated carbocycles. The Morgan fingerprint density at radius 1 is 1.44 bits per heavy atom. The summed E-state index contributed by atoms with van der Waals surface area (Å²) >= 11 is 0. The molecule has 3 rings (SSSR count). The Labute approximate surface area is 105 Å². The fourth-order valence-corrected chi connectivity index (χ4v) is 2.80. The first-order chi connectivity index (χ1) is 8.53. The van der Waals surface area contributed by atoms with Crippen molar-refractivity contribution in [3.63, 3.8) is 0 Å². The van der Waals surface area contributed by atoms with Crippen molar-refractivity contribution >= 4 is 5.78 Å². The van der Waals surface area contributed by atoms with Gasteiger partial charge in [-0.05, 0) is 30.2 Å². The van der Waals surface area contributed by atoms with Crippen molar-refractivity contribution in [3.05, 3.63) is 41.0 Å². The highest BCUT2D eigenvalue weighted by Gasteiger charge is 2.48. The molecule has 94 valence electrons. The minimum absolute atomic E-state index is 0.0656. The zero-order valence-corrected chi connectivity index (χ0v) is 10.0. The molecule has 4 nitrogen and oxygen atoms in total. The molecule has 1 aliphatic carbocycles. The standard InChI is InChI=1S/C14H14O4/c1-8-5-14(18-7-8)6-11(16)12-9(13(14)17)3-2-4-10(12)15/h2-5,13,15,17H,6-7H2,1H3/t13-,14+/m1/s1. The van der Waals surface area contributed by atoms with Gasteiger partial charge < -0.3 is 14.9 Å². The van der Waals surface area contributed by atoms with Crippen molar-refractivity contribution in [1.82, 2.24) is 0 Å². The van der Waals surface area contributed by atoms with E-state index in [9.17, 15) is 15.0 Å². The molecule has 0 aromatic heterocycles. The lowest BCUT2D eigenvalue weighted by atomic mass is 9.77. The third kappa shape index (κ3) is 1.43. The van der Waals surface area contributed by atoms with Crippen LogP contribution in [-0.2, 0) is 4.74 Å². The molecule has 1 heterocycles. The van der Waals surface area contributed by atoms with Gasteiger partial charge >= 0.3 is 0 Å². The number of ketones is 1. The van der Waals surface area contributed by atoms with Gasteiger partial charge in [-0.3, -0.25) is 4.79 Å². The van der Waals surface area contributed by atoms with Gasteiger partial charge in [-0.1, -0.05) is 12.1 Å². The molecular weight excluding hydrogens is 232 g/mol. The number of aromatic hydroxyl groups is 1. The van der Waals surface area contributed by atoms with E-state index in [0.717, 1.165) is 5.57 Å². The highest BCUT2D eigenvalue weighted by atomic mass is 16.5. The number of rotatable bonds is 0. The Balaban J connectivity index is 2.16. The van der Waals surface area contributed by atoms with Crippen molar-refractivity contribution < 1.29 is 19.7 Å². The fourth-order valence-electron chi connectivity index (χ4n) is 2.80. The first kappa shape index (κ1) is 11.4. The second-order valence-corrected chi connectivity index (χ2v) is 4.98. The van der Waals surface area contributed by atoms with Crippen molar-refractivity contribution in [2.75, 3.05) is 6.61 Å². The third-order valence-electron chi connectivity index (χ3n) is 3.61. The number of phenolic OH excluding ortho intramolecular Hbond substituents is 1. The average Bonchev–Trinajstić information content (AvgIpc) is 2.68. The van der Waals surface area contributed by atoms with E-state index in [1.54, 1.807) is 12.1 Å². The molecule has 0 unspecified atom stereocenters. The molecule has 1 aromatic carbocycles. The topological polar surface area (TPSA) is 66.8 Å². The van der Waals surface area contributed by atoms with Crippen LogP contribution >= 0.6 is 0 Å². The van der Waals surface area contributed by atoms with Crippen LogP contribution in [0.15, 0.2) is 29.8 Å². The molecule has 0 saturated heterocycles. The summed E-state index contributed by atoms with van der Waals surface area (Å²) in [7, 11) is 0. The Morgan fingerprint density at radius 2 is 2.22 bits per heavy atom. The Bertz CT molecular complexity index is 561. The summed E-state index contributed by atoms with van der Waals surface area (Å²) in [5.41, 5.74) is 0.710. The van der Waals surface area contributed by atoms with Crippen LogP contribution in [0.25, 0.3) is 0 Å². The number of benzene rings is 1. The van der Waals surface area contributed by atoms with E-state index in [2.05, 4.69) is 0 Å². The van der Waals surface area contributed by atoms with E-state index in [1.807, 2.05) is 13.0 Å². The van der Waals surface area contributed by atoms with Crippen LogP contribution in [0, 0.1) is 0 Å². The Morgan fingerprint density at radius 3 is 2.89 bits per heavy atom. The molecule has 2 N–H and O–H groups in total. The minimum atomic E-state index is -0.956. The van der Waals surface area contributed by atoms with Gasteiger partial charge in [-0.25, -0.2) is 0 Å². The van der Waals surface area contributed by atoms with E-state index < -0.39 is 11.7 Å². The molecule has 1 spiro atoms. The van der Waals surface area contributed by atoms with E-state index >= 15 is 0 Å². The quantitative estimate of drug-likeness (QED) is 0.684. The third-order valence-corrected chi connectivity index (χ3v) is 3.61. The molecule has 1 aromatic rings. The number of carbonyl (C=O) groups is 1. The first-order valence-corrected chi connectivity index (χ1v) is 5.89. The zero-order valence-electron chi connectivity index (χ0n) is 10.0. The predicted molar refractivity (Wildman–Crippen MR) is 64.5 cm³/mol. The smallest absolute Gasteiger partial charge is 0.170 e. The number of fused-ring (bicyclic) bond motifs is 1. The summed E-state index contributed by atoms with van der Waals surface area (Å²) in [5, 5.41) is 20.2. The second kappa shape index (κ2) is 3.67. The SMILES string of the molecule is CC1=C[C@@]2(CC(=O)c3c(O)cccc3[C@H]2O)OC1. The number of hydrogen-bond donors (Lipinski definition) is 2. The van der Waals surface area contributed by atoms with Gasteiger partial charge in [-0.15, -0.1) is 0 Å². The summed E-state index contributed by atoms with van der Waals surface area (Å²) in [4.78, 5) is 12.1. The van der Waals surface area contributed by atoms with Crippen LogP contribution < -0.4 is 0 Å². The lowest BCUT2D eigenvalue weighted by molar-refractivity contribution is -0.0766. The molecule has 0 radical (unpaired) electrons. The van der Waals surface area contributed by atoms with Gasteiger partial charge in [0.15, 0.2) is 5.78 Å². The van der Waals surface area contributed by atoms with Gasteiger partial charge in [0, 0.05) is 6.42 Å². The van der Waals surface area contributed by atoms with Crippen LogP contribution in [0.3, 0.4) is 0 Å². The van der Waals surface area contributed by atoms with Crippen LogP contribution in [0.2, 0.25) is 0 Å². The van der Waals surface area contributed by atoms with E-state index in [-0.39, 0.29) is 23.5 Å². The maximum absolute atomic E-state index is 12.1. The van der Waals surface area contributed by atoms with E-state index in [0.29, 0.717) is 12.2 Å². The number of Topliss-reactive ketones (excluding diaryl/α,β-unsaturated/α-hetero) is 1. The van der Waals surface area contributed by atoms with Crippen LogP contribution in [0.5, 0.6) is 5.75 Å². The molecule has 18 heavy (non-hydrogen) atoms. The molecule has 0 amide bonds. The molecule has 2 atom stereocenters. The van der Waals surface area contributed by atoms with Gasteiger partial charge in [-0.2, -0.15) is 0 Å². The van der Waals surface area contributed by atoms with E-state index in [1.165, 1.54) is 6.07 Å². The number of aliphatic hydroxyl groups is 1. The Kier molecular flexibility index (Phi) is 2.33. The number of ether oxygens (including phenoxy) is 1. The van der Waals surface area contributed by atoms with Gasteiger partial charge in [0.2, 0.25) is 0 Å². The van der Waals surface area contributed by atoms with Crippen molar-refractivity contribution in [2.24, 2.45) is 0 Å². The summed E-state index contributed by atoms with van der Waals surface area (Å²) in [6.45, 7) is 2.34. The van der Waals surface area contributed by atoms with Gasteiger partial charge in [0.05, 0.1) is 12.2 Å². The highest BCUT2D eigenvalue weighted by Crippen LogP contribution is 2.46. The summed E-state index contributed by atoms with van der Waals surface area (Å²) in [5.74, 6) is -0.274. The normalized spacial score (nSPS) is 30.4. The molecule has 0 fully saturated rings. The van der Waals surface area contributed by atoms with Crippen molar-refractivity contribution in [1.29, 1.82) is 0 Å². The summed E-state index contributed by atoms with van der Waals surface area (Å²) < 4.78 is 5.63. The maximum Gasteiger partial charge on any atom is 0.170 e. The van der Waals surface area contributed by atoms with Crippen LogP contribution in [-0.4, -0.2) is 28.2 Å². The largest absolute Gasteiger partial charge is 0.507 e. The number of carbonyl (C=O) groups excluding carboxylic acids is 1. The zero-order chi connectivity index (χ0) is 12.9. The lowest BCUT2D eigenvalue weighted by Gasteiger charge is -2.36. The number of hydrogen-bond acceptors (Lipinski definition) is 4. The van der Waals surface area contributed by atoms with Gasteiger partial charge in [0.1, 0.15) is 17.5 Å². The summed E-state index contributed by atoms with van der Waals surface area (Å²) in [6, 6.07) is 4.73. The predicted octanol–water partition coefficient (Wildman–Crippen LogP) is 1.73. The van der Waals surface area contributed by atoms with Gasteiger partial charge in [0.25, 0.3) is 0 Å². The van der Waals surface area contributed by atoms with Crippen LogP contribution in [0.4, 0.5) is 0 Å². The van der Waals surface area contributed by atoms with Crippen LogP contribution in [0.1, 0.15) is 35.4 Å². The monoisotopic (exact) mass is 246 g/mol. The number of phenols is 1. The molecular formula is C14H14O4. The fraction of sp³-hybridized carbons (Fsp3) is 0.357. The molecule has 0 bridgehead atoms. The maximum atomic E-state index is 12.1. The Hall–Kier alpha value is -1.65. The minimum Gasteiger partial charge on any atom is -0.507 e. The lowest BCUT2D eigenvalue weighted by Crippen LogP contribution is -2.41. The van der Waals surface area contributed by atoms with Crippen molar-refractivity contribution in [3.8, 4) is 5.75 Å². The van der Waals surface area contributed by atoms with Crippen molar-refractivity contribution in [2.45, 2.75) is 25.0 Å². The average molecular weight is 246 g/mol. The van der Waals surface area contributed by atoms with E-state index in [4.69, 9.17) is 4.74 Å². The highest BCUT2D eigenvalue weighted by molar-refractivity contribution is 6.02. The second-order valence-electron chi connectivity index (χ2n) is 4.98. The molecule has 1 aliphatic heterocycles. The molecule has 4 heteroatoms. The summed E-state index contributed by atoms with van der Waals surface area (Å²) in [6.07, 6.45) is 0.966. The first-order valence-electron chi connectivity index (χ1n) is 5.89.